The molecule has 0 saturated carbocycles. The summed E-state index contributed by atoms with van der Waals surface area (Å²) in [5.41, 5.74) is 0.643. The van der Waals surface area contributed by atoms with Gasteiger partial charge < -0.3 is 24.6 Å². The van der Waals surface area contributed by atoms with Gasteiger partial charge in [-0.05, 0) is 97.9 Å². The molecule has 11 heteroatoms. The van der Waals surface area contributed by atoms with Crippen molar-refractivity contribution in [1.29, 1.82) is 0 Å². The number of aromatic nitrogens is 2. The van der Waals surface area contributed by atoms with Crippen LogP contribution in [0, 0.1) is 17.2 Å². The summed E-state index contributed by atoms with van der Waals surface area (Å²) in [6, 6.07) is 6.22. The number of hydrogen-bond acceptors (Lipinski definition) is 8. The molecule has 2 aliphatic rings. The van der Waals surface area contributed by atoms with E-state index >= 15 is 0 Å². The molecular formula is C35H53FN6O4. The van der Waals surface area contributed by atoms with Crippen LogP contribution in [0.25, 0.3) is 0 Å². The first-order valence-corrected chi connectivity index (χ1v) is 16.7. The smallest absolute Gasteiger partial charge is 0.407 e. The van der Waals surface area contributed by atoms with Crippen LogP contribution in [-0.4, -0.2) is 88.4 Å². The van der Waals surface area contributed by atoms with E-state index in [0.29, 0.717) is 24.4 Å². The quantitative estimate of drug-likeness (QED) is 0.262. The topological polar surface area (TPSA) is 100 Å². The van der Waals surface area contributed by atoms with Crippen molar-refractivity contribution in [3.05, 3.63) is 41.8 Å². The van der Waals surface area contributed by atoms with Gasteiger partial charge in [-0.25, -0.2) is 9.18 Å². The van der Waals surface area contributed by atoms with Crippen molar-refractivity contribution in [2.45, 2.75) is 105 Å². The zero-order chi connectivity index (χ0) is 33.8. The maximum absolute atomic E-state index is 14.4. The van der Waals surface area contributed by atoms with Gasteiger partial charge in [0, 0.05) is 56.3 Å². The number of likely N-dealkylation sites (tertiary alicyclic amines) is 1. The van der Waals surface area contributed by atoms with E-state index in [1.165, 1.54) is 18.2 Å². The zero-order valence-corrected chi connectivity index (χ0v) is 29.1. The van der Waals surface area contributed by atoms with Crippen LogP contribution in [0.1, 0.15) is 91.9 Å². The second-order valence-electron chi connectivity index (χ2n) is 14.8. The van der Waals surface area contributed by atoms with Crippen molar-refractivity contribution in [2.24, 2.45) is 11.3 Å². The van der Waals surface area contributed by atoms with Crippen LogP contribution >= 0.6 is 0 Å². The molecule has 3 heterocycles. The van der Waals surface area contributed by atoms with Crippen LogP contribution in [-0.2, 0) is 4.74 Å². The lowest BCUT2D eigenvalue weighted by Gasteiger charge is -2.53. The third-order valence-corrected chi connectivity index (χ3v) is 8.83. The van der Waals surface area contributed by atoms with Crippen molar-refractivity contribution >= 4 is 17.7 Å². The summed E-state index contributed by atoms with van der Waals surface area (Å²) in [6.45, 7) is 22.2. The minimum atomic E-state index is -0.503. The number of alkyl carbamates (subject to hydrolysis) is 1. The predicted molar refractivity (Wildman–Crippen MR) is 178 cm³/mol. The molecule has 1 spiro atoms. The zero-order valence-electron chi connectivity index (χ0n) is 29.1. The van der Waals surface area contributed by atoms with Crippen molar-refractivity contribution < 1.29 is 23.5 Å². The molecule has 2 amide bonds. The van der Waals surface area contributed by atoms with Gasteiger partial charge in [0.15, 0.2) is 0 Å². The summed E-state index contributed by atoms with van der Waals surface area (Å²) in [5, 5.41) is 11.3. The molecule has 254 valence electrons. The van der Waals surface area contributed by atoms with E-state index in [2.05, 4.69) is 39.2 Å². The highest BCUT2D eigenvalue weighted by atomic mass is 19.1. The van der Waals surface area contributed by atoms with Gasteiger partial charge in [0.25, 0.3) is 11.8 Å². The molecule has 0 aliphatic carbocycles. The largest absolute Gasteiger partial charge is 0.444 e. The normalized spacial score (nSPS) is 17.0. The molecule has 4 rings (SSSR count). The van der Waals surface area contributed by atoms with Crippen LogP contribution in [0.5, 0.6) is 11.6 Å². The molecule has 46 heavy (non-hydrogen) atoms. The maximum Gasteiger partial charge on any atom is 0.407 e. The molecule has 0 radical (unpaired) electrons. The summed E-state index contributed by atoms with van der Waals surface area (Å²) in [6.07, 6.45) is 4.22. The van der Waals surface area contributed by atoms with Crippen molar-refractivity contribution in [3.63, 3.8) is 0 Å². The molecule has 1 unspecified atom stereocenters. The van der Waals surface area contributed by atoms with E-state index < -0.39 is 11.4 Å². The Kier molecular flexibility index (Phi) is 11.2. The average Bonchev–Trinajstić information content (AvgIpc) is 3.38. The fourth-order valence-corrected chi connectivity index (χ4v) is 6.89. The van der Waals surface area contributed by atoms with Gasteiger partial charge in [0.1, 0.15) is 22.9 Å². The number of halogens is 1. The standard InChI is InChI=1S/C35H53FN6O4/c1-23(2)28(11-10-16-37-33(44)46-34(7,8)9)41-21-35(22-41)15-18-40(20-35)29-14-17-38-39-31(29)45-30-13-12-26(36)19-27(30)32(43)42(24(3)4)25(5)6/h12-14,17,19,23-25,28H,10-11,15-16,18,20-22H2,1-9H3,(H,37,44). The van der Waals surface area contributed by atoms with Crippen LogP contribution in [0.2, 0.25) is 0 Å². The number of anilines is 1. The lowest BCUT2D eigenvalue weighted by molar-refractivity contribution is -0.0339. The van der Waals surface area contributed by atoms with Crippen molar-refractivity contribution in [2.75, 3.05) is 37.6 Å². The summed E-state index contributed by atoms with van der Waals surface area (Å²) in [5.74, 6) is 0.256. The molecule has 0 bridgehead atoms. The Balaban J connectivity index is 1.40. The Labute approximate surface area is 274 Å². The number of nitrogens with zero attached hydrogens (tertiary/aromatic N) is 5. The average molecular weight is 641 g/mol. The number of benzene rings is 1. The lowest BCUT2D eigenvalue weighted by atomic mass is 9.76. The van der Waals surface area contributed by atoms with E-state index in [1.807, 2.05) is 54.5 Å². The second-order valence-corrected chi connectivity index (χ2v) is 14.8. The number of nitrogens with one attached hydrogen (secondary N) is 1. The Bertz CT molecular complexity index is 1350. The highest BCUT2D eigenvalue weighted by Gasteiger charge is 2.50. The van der Waals surface area contributed by atoms with Gasteiger partial charge in [-0.15, -0.1) is 5.10 Å². The Morgan fingerprint density at radius 1 is 1.07 bits per heavy atom. The summed E-state index contributed by atoms with van der Waals surface area (Å²) >= 11 is 0. The van der Waals surface area contributed by atoms with E-state index in [4.69, 9.17) is 9.47 Å². The molecule has 2 fully saturated rings. The summed E-state index contributed by atoms with van der Waals surface area (Å²) in [7, 11) is 0. The van der Waals surface area contributed by atoms with Gasteiger partial charge in [-0.3, -0.25) is 9.69 Å². The lowest BCUT2D eigenvalue weighted by Crippen LogP contribution is -2.62. The minimum Gasteiger partial charge on any atom is -0.444 e. The third kappa shape index (κ3) is 8.66. The number of amides is 2. The molecule has 1 aromatic heterocycles. The number of carbonyl (C=O) groups excluding carboxylic acids is 2. The first-order chi connectivity index (χ1) is 21.6. The highest BCUT2D eigenvalue weighted by molar-refractivity contribution is 5.97. The fourth-order valence-electron chi connectivity index (χ4n) is 6.89. The molecule has 2 aliphatic heterocycles. The summed E-state index contributed by atoms with van der Waals surface area (Å²) < 4.78 is 26.0. The first kappa shape index (κ1) is 35.4. The summed E-state index contributed by atoms with van der Waals surface area (Å²) in [4.78, 5) is 32.2. The van der Waals surface area contributed by atoms with Crippen LogP contribution in [0.15, 0.2) is 30.5 Å². The molecule has 1 aromatic carbocycles. The van der Waals surface area contributed by atoms with Gasteiger partial charge in [0.05, 0.1) is 11.8 Å². The predicted octanol–water partition coefficient (Wildman–Crippen LogP) is 6.51. The van der Waals surface area contributed by atoms with Gasteiger partial charge in [-0.1, -0.05) is 13.8 Å². The molecule has 2 saturated heterocycles. The molecular weight excluding hydrogens is 587 g/mol. The van der Waals surface area contributed by atoms with Gasteiger partial charge in [0.2, 0.25) is 0 Å². The minimum absolute atomic E-state index is 0.0669. The van der Waals surface area contributed by atoms with E-state index in [9.17, 15) is 14.0 Å². The Morgan fingerprint density at radius 3 is 2.39 bits per heavy atom. The Morgan fingerprint density at radius 2 is 1.76 bits per heavy atom. The van der Waals surface area contributed by atoms with Gasteiger partial charge in [-0.2, -0.15) is 5.10 Å². The van der Waals surface area contributed by atoms with E-state index in [0.717, 1.165) is 51.1 Å². The molecule has 1 N–H and O–H groups in total. The third-order valence-electron chi connectivity index (χ3n) is 8.83. The van der Waals surface area contributed by atoms with E-state index in [1.54, 1.807) is 11.1 Å². The number of carbonyl (C=O) groups is 2. The van der Waals surface area contributed by atoms with Gasteiger partial charge >= 0.3 is 6.09 Å². The van der Waals surface area contributed by atoms with E-state index in [-0.39, 0.29) is 40.8 Å². The molecule has 2 aromatic rings. The second kappa shape index (κ2) is 14.5. The highest BCUT2D eigenvalue weighted by Crippen LogP contribution is 2.45. The van der Waals surface area contributed by atoms with Crippen LogP contribution in [0.3, 0.4) is 0 Å². The first-order valence-electron chi connectivity index (χ1n) is 16.7. The SMILES string of the molecule is CC(C)C(CCCNC(=O)OC(C)(C)C)N1CC2(CCN(c3ccnnc3Oc3ccc(F)cc3C(=O)N(C(C)C)C(C)C)C2)C1. The number of hydrogen-bond donors (Lipinski definition) is 1. The number of ether oxygens (including phenoxy) is 2. The monoisotopic (exact) mass is 640 g/mol. The maximum atomic E-state index is 14.4. The van der Waals surface area contributed by atoms with Crippen LogP contribution in [0.4, 0.5) is 14.9 Å². The molecule has 1 atom stereocenters. The Hall–Kier alpha value is -3.47. The van der Waals surface area contributed by atoms with Crippen LogP contribution < -0.4 is 15.0 Å². The van der Waals surface area contributed by atoms with Crippen molar-refractivity contribution in [1.82, 2.24) is 25.3 Å². The van der Waals surface area contributed by atoms with Crippen molar-refractivity contribution in [3.8, 4) is 11.6 Å². The molecule has 10 nitrogen and oxygen atoms in total. The number of rotatable bonds is 12. The fraction of sp³-hybridized carbons (Fsp3) is 0.657.